The van der Waals surface area contributed by atoms with Crippen LogP contribution in [0.25, 0.3) is 89.7 Å². The maximum absolute atomic E-state index is 7.01. The van der Waals surface area contributed by atoms with Gasteiger partial charge in [0.15, 0.2) is 11.6 Å². The summed E-state index contributed by atoms with van der Waals surface area (Å²) in [5, 5.41) is 3.11. The Kier molecular flexibility index (Phi) is 15.6. The van der Waals surface area contributed by atoms with Crippen LogP contribution in [0.5, 0.6) is 23.0 Å². The molecule has 7 aromatic rings. The number of hydrogen-bond donors (Lipinski definition) is 1. The van der Waals surface area contributed by atoms with E-state index < -0.39 is 0 Å². The van der Waals surface area contributed by atoms with E-state index in [9.17, 15) is 0 Å². The summed E-state index contributed by atoms with van der Waals surface area (Å²) >= 11 is 0. The Balaban J connectivity index is 0.00000711. The zero-order valence-corrected chi connectivity index (χ0v) is 46.4. The van der Waals surface area contributed by atoms with Gasteiger partial charge in [0.2, 0.25) is 0 Å². The van der Waals surface area contributed by atoms with Crippen LogP contribution in [0.15, 0.2) is 72.8 Å². The second-order valence-corrected chi connectivity index (χ2v) is 22.5. The number of ether oxygens (including phenoxy) is 4. The number of fused-ring (bicyclic) bond motifs is 20. The number of nitrogens with one attached hydrogen (secondary N) is 1. The second kappa shape index (κ2) is 21.4. The van der Waals surface area contributed by atoms with Crippen LogP contribution in [0, 0.1) is 47.3 Å². The fourth-order valence-corrected chi connectivity index (χ4v) is 10.9. The number of rotatable bonds is 16. The number of aromatic amines is 1. The summed E-state index contributed by atoms with van der Waals surface area (Å²) in [6, 6.07) is 24.2. The minimum atomic E-state index is -0.0782. The van der Waals surface area contributed by atoms with Gasteiger partial charge in [-0.3, -0.25) is 0 Å². The number of hydrogen-bond acceptors (Lipinski definition) is 10. The average Bonchev–Trinajstić information content (AvgIpc) is 4.06. The maximum Gasteiger partial charge on any atom is 1.00 e. The molecule has 388 valence electrons. The van der Waals surface area contributed by atoms with E-state index in [2.05, 4.69) is 122 Å². The number of H-pyrrole nitrogens is 1. The molecule has 0 fully saturated rings. The zero-order valence-electron chi connectivity index (χ0n) is 45.4. The van der Waals surface area contributed by atoms with Crippen molar-refractivity contribution >= 4 is 44.1 Å². The smallest absolute Gasteiger partial charge is 0.489 e. The first-order chi connectivity index (χ1) is 34.3. The van der Waals surface area contributed by atoms with Crippen molar-refractivity contribution in [3.05, 3.63) is 72.8 Å². The van der Waals surface area contributed by atoms with E-state index >= 15 is 0 Å². The third-order valence-electron chi connectivity index (χ3n) is 14.0. The topological polar surface area (TPSA) is 144 Å². The summed E-state index contributed by atoms with van der Waals surface area (Å²) in [7, 11) is 0. The summed E-state index contributed by atoms with van der Waals surface area (Å²) < 4.78 is 28.0. The van der Waals surface area contributed by atoms with Gasteiger partial charge in [-0.15, -0.1) is 0 Å². The fraction of sp³-hybridized carbons (Fsp3) is 0.467. The monoisotopic (exact) mass is 1030 g/mol. The Labute approximate surface area is 441 Å². The van der Waals surface area contributed by atoms with Crippen LogP contribution in [0.1, 0.15) is 111 Å². The van der Waals surface area contributed by atoms with Crippen molar-refractivity contribution in [1.29, 1.82) is 0 Å². The standard InChI is InChI=1S/C60H73N8O4.Cu/c1-29(2)49(30(3)4)69-41-25-17-21-37-45(41)57-61-53(37)66-58-47-39(23-19-27-43(47)71-51(33(9)10)34(11)12)55(63-58)68-60-48-40(24-20-28-44(48)72-52(35(13)14)36(15)16)56(64-60)67-59-46-38(54(62-59)65-57)22-18-26-42(46)70-50(31(5)6)32(7)8;/h17-36,49-52H,1-16H3,(H-,61,62,63,64,65,66,67,68);/q-1;+1. The molecule has 0 saturated heterocycles. The molecule has 0 atom stereocenters. The van der Waals surface area contributed by atoms with E-state index in [0.717, 1.165) is 43.8 Å². The molecular formula is C60H73CuN8O4. The summed E-state index contributed by atoms with van der Waals surface area (Å²) in [6.07, 6.45) is -0.296. The molecular weight excluding hydrogens is 960 g/mol. The normalized spacial score (nSPS) is 12.7. The molecule has 1 N–H and O–H groups in total. The van der Waals surface area contributed by atoms with Crippen LogP contribution in [0.3, 0.4) is 0 Å². The van der Waals surface area contributed by atoms with E-state index in [1.165, 1.54) is 0 Å². The van der Waals surface area contributed by atoms with Crippen molar-refractivity contribution in [2.24, 2.45) is 47.3 Å². The number of nitrogens with zero attached hydrogens (tertiary/aromatic N) is 7. The van der Waals surface area contributed by atoms with Gasteiger partial charge >= 0.3 is 17.1 Å². The van der Waals surface area contributed by atoms with Gasteiger partial charge < -0.3 is 38.9 Å². The van der Waals surface area contributed by atoms with Gasteiger partial charge in [-0.05, 0) is 77.0 Å². The molecule has 0 unspecified atom stereocenters. The molecule has 0 aliphatic carbocycles. The van der Waals surface area contributed by atoms with Gasteiger partial charge in [-0.2, -0.15) is 0 Å². The van der Waals surface area contributed by atoms with Crippen molar-refractivity contribution in [1.82, 2.24) is 39.9 Å². The van der Waals surface area contributed by atoms with Crippen LogP contribution >= 0.6 is 0 Å². The van der Waals surface area contributed by atoms with E-state index in [-0.39, 0.29) is 88.8 Å². The molecule has 8 bridgehead atoms. The van der Waals surface area contributed by atoms with Crippen LogP contribution in [0.4, 0.5) is 0 Å². The molecule has 0 spiro atoms. The Morgan fingerprint density at radius 1 is 0.356 bits per heavy atom. The first kappa shape index (κ1) is 53.3. The molecule has 5 heterocycles. The first-order valence-electron chi connectivity index (χ1n) is 26.3. The van der Waals surface area contributed by atoms with Crippen LogP contribution in [0.2, 0.25) is 0 Å². The fourth-order valence-electron chi connectivity index (χ4n) is 10.9. The Morgan fingerprint density at radius 2 is 0.712 bits per heavy atom. The van der Waals surface area contributed by atoms with Crippen molar-refractivity contribution < 1.29 is 36.0 Å². The predicted octanol–water partition coefficient (Wildman–Crippen LogP) is 14.7. The molecule has 73 heavy (non-hydrogen) atoms. The van der Waals surface area contributed by atoms with Gasteiger partial charge in [-0.25, -0.2) is 19.9 Å². The van der Waals surface area contributed by atoms with Crippen LogP contribution in [-0.2, 0) is 17.1 Å². The Hall–Kier alpha value is -6.04. The average molecular weight is 1030 g/mol. The van der Waals surface area contributed by atoms with Gasteiger partial charge in [-0.1, -0.05) is 159 Å². The summed E-state index contributed by atoms with van der Waals surface area (Å²) in [6.45, 7) is 35.1. The molecule has 2 aliphatic rings. The molecule has 9 rings (SSSR count). The van der Waals surface area contributed by atoms with Crippen molar-refractivity contribution in [2.45, 2.75) is 135 Å². The zero-order chi connectivity index (χ0) is 51.4. The molecule has 4 aromatic carbocycles. The SMILES string of the molecule is CC(C)C(Oc1cccc2c1-c1nc-2nc2[nH]c(nc3nc(nc4[n-]c(n1)c1cccc(OC(C(C)C)C(C)C)c41)-c1cccc(OC(C(C)C)C(C)C)c1-3)c1cccc(OC(C(C)C)C(C)C)c21)C(C)C.[Cu+]. The summed E-state index contributed by atoms with van der Waals surface area (Å²) in [4.78, 5) is 41.3. The second-order valence-electron chi connectivity index (χ2n) is 22.5. The minimum Gasteiger partial charge on any atom is -0.489 e. The van der Waals surface area contributed by atoms with Gasteiger partial charge in [0.05, 0.1) is 28.2 Å². The summed E-state index contributed by atoms with van der Waals surface area (Å²) in [5.41, 5.74) is 5.01. The largest absolute Gasteiger partial charge is 1.00 e. The van der Waals surface area contributed by atoms with E-state index in [1.54, 1.807) is 0 Å². The van der Waals surface area contributed by atoms with Crippen LogP contribution < -0.4 is 23.9 Å². The van der Waals surface area contributed by atoms with Crippen molar-refractivity contribution in [3.63, 3.8) is 0 Å². The molecule has 0 saturated carbocycles. The number of aromatic nitrogens is 8. The van der Waals surface area contributed by atoms with E-state index in [1.807, 2.05) is 66.7 Å². The van der Waals surface area contributed by atoms with Gasteiger partial charge in [0.1, 0.15) is 58.7 Å². The molecule has 0 amide bonds. The third-order valence-corrected chi connectivity index (χ3v) is 14.0. The molecule has 0 radical (unpaired) electrons. The quantitative estimate of drug-likeness (QED) is 0.0924. The predicted molar refractivity (Wildman–Crippen MR) is 291 cm³/mol. The van der Waals surface area contributed by atoms with Gasteiger partial charge in [0.25, 0.3) is 0 Å². The van der Waals surface area contributed by atoms with E-state index in [0.29, 0.717) is 68.9 Å². The van der Waals surface area contributed by atoms with Crippen molar-refractivity contribution in [2.75, 3.05) is 0 Å². The summed E-state index contributed by atoms with van der Waals surface area (Å²) in [5.74, 6) is 6.47. The van der Waals surface area contributed by atoms with Crippen molar-refractivity contribution in [3.8, 4) is 68.5 Å². The Morgan fingerprint density at radius 3 is 1.18 bits per heavy atom. The molecule has 3 aromatic heterocycles. The van der Waals surface area contributed by atoms with Crippen LogP contribution in [-0.4, -0.2) is 59.3 Å². The molecule has 13 heteroatoms. The molecule has 2 aliphatic heterocycles. The maximum atomic E-state index is 7.01. The minimum absolute atomic E-state index is 0. The first-order valence-corrected chi connectivity index (χ1v) is 26.3. The molecule has 12 nitrogen and oxygen atoms in total. The number of benzene rings is 4. The Bertz CT molecular complexity index is 3050. The van der Waals surface area contributed by atoms with E-state index in [4.69, 9.17) is 53.8 Å². The third kappa shape index (κ3) is 10.3. The van der Waals surface area contributed by atoms with Gasteiger partial charge in [0, 0.05) is 33.2 Å².